The topological polar surface area (TPSA) is 0 Å². The number of rotatable bonds is 35. The molecule has 0 bridgehead atoms. The van der Waals surface area contributed by atoms with Crippen LogP contribution in [-0.2, 0) is 59.2 Å². The second kappa shape index (κ2) is 43.9. The Hall–Kier alpha value is -7.80. The maximum atomic E-state index is 2.55. The Morgan fingerprint density at radius 1 is 0.185 bits per heavy atom. The largest absolute Gasteiger partial charge is 0.0654 e. The van der Waals surface area contributed by atoms with E-state index >= 15 is 0 Å². The van der Waals surface area contributed by atoms with Gasteiger partial charge >= 0.3 is 0 Å². The predicted molar refractivity (Wildman–Crippen MR) is 589 cm³/mol. The van der Waals surface area contributed by atoms with E-state index in [4.69, 9.17) is 0 Å². The normalized spacial score (nSPS) is 19.9. The third kappa shape index (κ3) is 19.2. The van der Waals surface area contributed by atoms with Gasteiger partial charge < -0.3 is 0 Å². The number of aryl methyl sites for hydroxylation is 13. The zero-order valence-corrected chi connectivity index (χ0v) is 89.4. The molecule has 5 atom stereocenters. The molecule has 0 amide bonds. The molecule has 0 aromatic heterocycles. The zero-order valence-electron chi connectivity index (χ0n) is 89.4. The van der Waals surface area contributed by atoms with Crippen LogP contribution in [0.3, 0.4) is 0 Å². The Balaban J connectivity index is 0.000000123. The minimum absolute atomic E-state index is 0.297. The lowest BCUT2D eigenvalue weighted by Crippen LogP contribution is -2.31. The molecule has 10 aliphatic rings. The molecule has 5 unspecified atom stereocenters. The molecule has 0 heterocycles. The summed E-state index contributed by atoms with van der Waals surface area (Å²) in [6.45, 7) is 46.3. The Labute approximate surface area is 824 Å². The number of hydrogen-bond donors (Lipinski definition) is 0. The molecule has 0 spiro atoms. The van der Waals surface area contributed by atoms with Gasteiger partial charge in [0.05, 0.1) is 0 Å². The first-order valence-corrected chi connectivity index (χ1v) is 56.7. The van der Waals surface area contributed by atoms with Crippen molar-refractivity contribution in [3.63, 3.8) is 0 Å². The van der Waals surface area contributed by atoms with E-state index in [-0.39, 0.29) is 0 Å². The lowest BCUT2D eigenvalue weighted by Gasteiger charge is -2.39. The maximum Gasteiger partial charge on any atom is 0.0220 e. The van der Waals surface area contributed by atoms with Gasteiger partial charge in [0, 0.05) is 27.1 Å². The van der Waals surface area contributed by atoms with E-state index in [1.807, 2.05) is 0 Å². The molecule has 720 valence electrons. The summed E-state index contributed by atoms with van der Waals surface area (Å²) in [5.74, 6) is 0. The van der Waals surface area contributed by atoms with Gasteiger partial charge in [0.15, 0.2) is 0 Å². The summed E-state index contributed by atoms with van der Waals surface area (Å²) in [6, 6.07) is 48.6. The highest BCUT2D eigenvalue weighted by Crippen LogP contribution is 2.65. The van der Waals surface area contributed by atoms with Gasteiger partial charge in [-0.15, -0.1) is 0 Å². The van der Waals surface area contributed by atoms with Crippen LogP contribution < -0.4 is 0 Å². The highest BCUT2D eigenvalue weighted by molar-refractivity contribution is 5.90. The Bertz CT molecular complexity index is 5830. The number of fused-ring (bicyclic) bond motifs is 15. The summed E-state index contributed by atoms with van der Waals surface area (Å²) in [5, 5.41) is 0. The van der Waals surface area contributed by atoms with E-state index in [0.717, 1.165) is 0 Å². The summed E-state index contributed by atoms with van der Waals surface area (Å²) in [7, 11) is 0. The minimum Gasteiger partial charge on any atom is -0.0654 e. The van der Waals surface area contributed by atoms with Gasteiger partial charge in [-0.2, -0.15) is 0 Å². The second-order valence-corrected chi connectivity index (χ2v) is 46.1. The van der Waals surface area contributed by atoms with Crippen LogP contribution >= 0.6 is 0 Å². The van der Waals surface area contributed by atoms with Crippen LogP contribution in [0.15, 0.2) is 121 Å². The molecular formula is C135H180. The fourth-order valence-electron chi connectivity index (χ4n) is 29.9. The van der Waals surface area contributed by atoms with Gasteiger partial charge in [-0.1, -0.05) is 365 Å². The van der Waals surface area contributed by atoms with Crippen molar-refractivity contribution in [2.75, 3.05) is 0 Å². The average Bonchev–Trinajstić information content (AvgIpc) is 1.62. The molecule has 20 rings (SSSR count). The molecule has 0 radical (unpaired) electrons. The third-order valence-electron chi connectivity index (χ3n) is 37.0. The van der Waals surface area contributed by atoms with E-state index in [1.54, 1.807) is 145 Å². The van der Waals surface area contributed by atoms with Crippen LogP contribution in [0.2, 0.25) is 0 Å². The smallest absolute Gasteiger partial charge is 0.0220 e. The van der Waals surface area contributed by atoms with Gasteiger partial charge in [-0.05, 0) is 438 Å². The lowest BCUT2D eigenvalue weighted by atomic mass is 9.64. The van der Waals surface area contributed by atoms with Crippen LogP contribution in [0.5, 0.6) is 0 Å². The van der Waals surface area contributed by atoms with Crippen LogP contribution in [0.25, 0.3) is 55.6 Å². The van der Waals surface area contributed by atoms with Crippen molar-refractivity contribution >= 4 is 0 Å². The number of unbranched alkanes of at least 4 members (excludes halogenated alkanes) is 25. The molecule has 10 aliphatic carbocycles. The molecule has 0 aliphatic heterocycles. The highest BCUT2D eigenvalue weighted by Gasteiger charge is 2.53. The predicted octanol–water partition coefficient (Wildman–Crippen LogP) is 39.8. The third-order valence-corrected chi connectivity index (χ3v) is 37.0. The van der Waals surface area contributed by atoms with Gasteiger partial charge in [0.25, 0.3) is 0 Å². The van der Waals surface area contributed by atoms with E-state index in [9.17, 15) is 0 Å². The number of benzene rings is 10. The van der Waals surface area contributed by atoms with E-state index in [1.165, 1.54) is 399 Å². The molecule has 10 aromatic rings. The summed E-state index contributed by atoms with van der Waals surface area (Å²) in [5.41, 5.74) is 64.7. The van der Waals surface area contributed by atoms with Crippen molar-refractivity contribution in [1.29, 1.82) is 0 Å². The molecule has 0 nitrogen and oxygen atoms in total. The Morgan fingerprint density at radius 2 is 0.504 bits per heavy atom. The van der Waals surface area contributed by atoms with Crippen LogP contribution in [0.1, 0.15) is 490 Å². The van der Waals surface area contributed by atoms with Gasteiger partial charge in [0.1, 0.15) is 0 Å². The zero-order chi connectivity index (χ0) is 95.1. The van der Waals surface area contributed by atoms with E-state index in [2.05, 4.69) is 260 Å². The van der Waals surface area contributed by atoms with Gasteiger partial charge in [-0.25, -0.2) is 0 Å². The van der Waals surface area contributed by atoms with E-state index in [0.29, 0.717) is 27.1 Å². The van der Waals surface area contributed by atoms with Crippen molar-refractivity contribution in [2.45, 2.75) is 487 Å². The maximum absolute atomic E-state index is 2.55. The minimum atomic E-state index is 0.297. The second-order valence-electron chi connectivity index (χ2n) is 46.1. The quantitative estimate of drug-likeness (QED) is 0.0347. The summed E-state index contributed by atoms with van der Waals surface area (Å²) < 4.78 is 0. The van der Waals surface area contributed by atoms with Crippen LogP contribution in [0.4, 0.5) is 0 Å². The molecule has 10 aromatic carbocycles. The Morgan fingerprint density at radius 3 is 0.985 bits per heavy atom. The molecule has 0 N–H and O–H groups in total. The molecule has 0 saturated carbocycles. The van der Waals surface area contributed by atoms with Crippen LogP contribution in [-0.4, -0.2) is 0 Å². The molecule has 0 fully saturated rings. The first kappa shape index (κ1) is 100. The SMILES string of the molecule is CCCCCCCCC12CCCc3c(C)c(C)cc(c31)-c1ccc(C)cc12.CCCCCCCCC12CCCc3c(C)cc(C)c(c31)-c1ccc(C)cc12.CCCCCCCCC12CCCc3c(C)ccc(c31)-c1c(C)cc(C)cc12.CCCCCCCCC12CCCc3c(C)ccc(c31)-c1cc(C)c(C)cc12.CCCCCCCCC12CCCc3c(C)ccc(c31)-c1ccc(C)c(C)c12. The van der Waals surface area contributed by atoms with Gasteiger partial charge in [-0.3, -0.25) is 0 Å². The van der Waals surface area contributed by atoms with E-state index < -0.39 is 0 Å². The Kier molecular flexibility index (Phi) is 32.6. The fourth-order valence-corrected chi connectivity index (χ4v) is 29.9. The van der Waals surface area contributed by atoms with Crippen molar-refractivity contribution in [2.24, 2.45) is 0 Å². The first-order valence-electron chi connectivity index (χ1n) is 56.7. The first-order chi connectivity index (χ1) is 65.4. The summed E-state index contributed by atoms with van der Waals surface area (Å²) in [4.78, 5) is 0. The molecule has 135 heavy (non-hydrogen) atoms. The van der Waals surface area contributed by atoms with Crippen molar-refractivity contribution in [3.05, 3.63) is 288 Å². The lowest BCUT2D eigenvalue weighted by molar-refractivity contribution is 0.385. The summed E-state index contributed by atoms with van der Waals surface area (Å²) in [6.07, 6.45) is 68.3. The fraction of sp³-hybridized carbons (Fsp3) is 0.556. The molecular weight excluding hydrogens is 1620 g/mol. The highest BCUT2D eigenvalue weighted by atomic mass is 14.6. The van der Waals surface area contributed by atoms with Gasteiger partial charge in [0.2, 0.25) is 0 Å². The van der Waals surface area contributed by atoms with Crippen LogP contribution in [0, 0.1) is 104 Å². The average molecular weight is 1800 g/mol. The monoisotopic (exact) mass is 1800 g/mol. The number of hydrogen-bond acceptors (Lipinski definition) is 0. The summed E-state index contributed by atoms with van der Waals surface area (Å²) >= 11 is 0. The molecule has 0 heteroatoms. The standard InChI is InChI=1S/5C27H36/c1-5-6-7-8-9-10-17-27-18-11-12-22-20(3)14-16-24(26(22)27)23-15-13-19(2)21(4)25(23)27;1-5-6-7-8-9-10-15-27-16-11-12-22-20(3)13-14-23(26(22)27)25-21(4)17-19(2)18-24(25)27;1-5-6-7-8-9-10-15-27-16-11-12-22-19(2)13-14-23(26(22)27)24-17-20(3)21(4)18-25(24)27;1-5-6-7-8-9-10-15-27-16-11-12-22-21(4)20(3)18-24(26(22)27)23-14-13-19(2)17-25(23)27;1-5-6-7-8-9-10-15-27-16-11-12-22-20(3)18-21(4)25(26(22)27)23-14-13-19(2)17-24(23)27/h13-16H,5-12,17-18H2,1-4H3;4*13-14,17-18H,5-12,15-16H2,1-4H3. The van der Waals surface area contributed by atoms with Crippen molar-refractivity contribution in [3.8, 4) is 55.6 Å². The van der Waals surface area contributed by atoms with Crippen molar-refractivity contribution < 1.29 is 0 Å². The molecule has 0 saturated heterocycles. The van der Waals surface area contributed by atoms with Crippen molar-refractivity contribution in [1.82, 2.24) is 0 Å².